The summed E-state index contributed by atoms with van der Waals surface area (Å²) < 4.78 is 0. The normalized spacial score (nSPS) is 9.94. The van der Waals surface area contributed by atoms with E-state index >= 15 is 0 Å². The van der Waals surface area contributed by atoms with Crippen molar-refractivity contribution in [3.05, 3.63) is 22.4 Å². The number of nitrogens with two attached hydrogens (primary N) is 1. The van der Waals surface area contributed by atoms with Gasteiger partial charge in [-0.15, -0.1) is 0 Å². The number of carbonyl (C=O) groups is 2. The first kappa shape index (κ1) is 13.7. The number of nitrogens with one attached hydrogen (secondary N) is 2. The van der Waals surface area contributed by atoms with Crippen molar-refractivity contribution in [1.82, 2.24) is 10.6 Å². The van der Waals surface area contributed by atoms with Gasteiger partial charge in [0.05, 0.1) is 0 Å². The van der Waals surface area contributed by atoms with Crippen LogP contribution in [0.5, 0.6) is 0 Å². The van der Waals surface area contributed by atoms with Gasteiger partial charge in [0.1, 0.15) is 0 Å². The van der Waals surface area contributed by atoms with E-state index in [1.54, 1.807) is 11.4 Å². The lowest BCUT2D eigenvalue weighted by atomic mass is 10.2. The molecule has 94 valence electrons. The summed E-state index contributed by atoms with van der Waals surface area (Å²) in [6.07, 6.45) is 1.04. The first-order chi connectivity index (χ1) is 8.24. The monoisotopic (exact) mass is 255 g/mol. The fraction of sp³-hybridized carbons (Fsp3) is 0.455. The Labute approximate surface area is 104 Å². The van der Waals surface area contributed by atoms with Crippen molar-refractivity contribution >= 4 is 23.2 Å². The molecule has 5 nitrogen and oxygen atoms in total. The molecule has 0 radical (unpaired) electrons. The third kappa shape index (κ3) is 5.46. The minimum atomic E-state index is -0.0892. The van der Waals surface area contributed by atoms with E-state index in [4.69, 9.17) is 5.73 Å². The minimum absolute atomic E-state index is 0.0276. The van der Waals surface area contributed by atoms with E-state index < -0.39 is 0 Å². The molecule has 0 atom stereocenters. The fourth-order valence-corrected chi connectivity index (χ4v) is 1.88. The van der Waals surface area contributed by atoms with Crippen LogP contribution in [0.1, 0.15) is 23.2 Å². The number of rotatable bonds is 7. The van der Waals surface area contributed by atoms with Gasteiger partial charge in [-0.1, -0.05) is 0 Å². The van der Waals surface area contributed by atoms with Gasteiger partial charge in [0.2, 0.25) is 5.91 Å². The molecule has 0 saturated heterocycles. The van der Waals surface area contributed by atoms with Crippen LogP contribution >= 0.6 is 11.3 Å². The van der Waals surface area contributed by atoms with Gasteiger partial charge in [-0.3, -0.25) is 9.59 Å². The van der Waals surface area contributed by atoms with Crippen molar-refractivity contribution in [1.29, 1.82) is 0 Å². The Balaban J connectivity index is 2.08. The third-order valence-corrected chi connectivity index (χ3v) is 2.80. The summed E-state index contributed by atoms with van der Waals surface area (Å²) in [4.78, 5) is 22.7. The first-order valence-electron chi connectivity index (χ1n) is 5.51. The van der Waals surface area contributed by atoms with Crippen LogP contribution in [0.15, 0.2) is 16.8 Å². The van der Waals surface area contributed by atoms with E-state index in [0.717, 1.165) is 0 Å². The standard InChI is InChI=1S/C11H17N3O2S/c12-4-6-13-10(15)2-1-5-14-11(16)9-3-7-17-8-9/h3,7-8H,1-2,4-6,12H2,(H,13,15)(H,14,16). The zero-order valence-corrected chi connectivity index (χ0v) is 10.4. The zero-order valence-electron chi connectivity index (χ0n) is 9.57. The molecule has 1 rings (SSSR count). The van der Waals surface area contributed by atoms with Crippen LogP contribution in [0.25, 0.3) is 0 Å². The fourth-order valence-electron chi connectivity index (χ4n) is 1.25. The molecule has 0 fully saturated rings. The van der Waals surface area contributed by atoms with Crippen molar-refractivity contribution in [3.63, 3.8) is 0 Å². The summed E-state index contributed by atoms with van der Waals surface area (Å²) in [5.74, 6) is -0.117. The predicted molar refractivity (Wildman–Crippen MR) is 68.0 cm³/mol. The highest BCUT2D eigenvalue weighted by molar-refractivity contribution is 7.08. The summed E-state index contributed by atoms with van der Waals surface area (Å²) >= 11 is 1.48. The number of hydrogen-bond donors (Lipinski definition) is 3. The van der Waals surface area contributed by atoms with Crippen LogP contribution in [0.3, 0.4) is 0 Å². The second-order valence-corrected chi connectivity index (χ2v) is 4.29. The summed E-state index contributed by atoms with van der Waals surface area (Å²) in [6.45, 7) is 1.45. The van der Waals surface area contributed by atoms with Gasteiger partial charge in [-0.25, -0.2) is 0 Å². The summed E-state index contributed by atoms with van der Waals surface area (Å²) in [7, 11) is 0. The van der Waals surface area contributed by atoms with Gasteiger partial charge in [0.25, 0.3) is 5.91 Å². The van der Waals surface area contributed by atoms with E-state index in [2.05, 4.69) is 10.6 Å². The molecule has 0 unspecified atom stereocenters. The number of amides is 2. The molecule has 0 bridgehead atoms. The van der Waals surface area contributed by atoms with Gasteiger partial charge < -0.3 is 16.4 Å². The maximum absolute atomic E-state index is 11.5. The quantitative estimate of drug-likeness (QED) is 0.614. The molecule has 0 aromatic carbocycles. The lowest BCUT2D eigenvalue weighted by Crippen LogP contribution is -2.30. The Hall–Kier alpha value is -1.40. The molecular formula is C11H17N3O2S. The topological polar surface area (TPSA) is 84.2 Å². The molecule has 4 N–H and O–H groups in total. The molecule has 17 heavy (non-hydrogen) atoms. The van der Waals surface area contributed by atoms with Gasteiger partial charge >= 0.3 is 0 Å². The molecule has 1 aromatic rings. The van der Waals surface area contributed by atoms with E-state index in [1.807, 2.05) is 5.38 Å². The van der Waals surface area contributed by atoms with Crippen LogP contribution in [-0.2, 0) is 4.79 Å². The third-order valence-electron chi connectivity index (χ3n) is 2.12. The average Bonchev–Trinajstić information content (AvgIpc) is 2.85. The maximum Gasteiger partial charge on any atom is 0.252 e. The lowest BCUT2D eigenvalue weighted by Gasteiger charge is -2.04. The van der Waals surface area contributed by atoms with Crippen LogP contribution in [0, 0.1) is 0 Å². The molecular weight excluding hydrogens is 238 g/mol. The van der Waals surface area contributed by atoms with E-state index in [0.29, 0.717) is 38.0 Å². The van der Waals surface area contributed by atoms with Crippen molar-refractivity contribution < 1.29 is 9.59 Å². The minimum Gasteiger partial charge on any atom is -0.355 e. The Morgan fingerprint density at radius 1 is 1.29 bits per heavy atom. The molecule has 0 aliphatic heterocycles. The van der Waals surface area contributed by atoms with Crippen LogP contribution < -0.4 is 16.4 Å². The van der Waals surface area contributed by atoms with E-state index in [9.17, 15) is 9.59 Å². The Morgan fingerprint density at radius 2 is 2.12 bits per heavy atom. The molecule has 1 aromatic heterocycles. The number of thiophene rings is 1. The van der Waals surface area contributed by atoms with Crippen LogP contribution in [0.2, 0.25) is 0 Å². The SMILES string of the molecule is NCCNC(=O)CCCNC(=O)c1ccsc1. The summed E-state index contributed by atoms with van der Waals surface area (Å²) in [5, 5.41) is 9.08. The summed E-state index contributed by atoms with van der Waals surface area (Å²) in [5.41, 5.74) is 5.92. The Morgan fingerprint density at radius 3 is 2.76 bits per heavy atom. The highest BCUT2D eigenvalue weighted by Crippen LogP contribution is 2.05. The van der Waals surface area contributed by atoms with Gasteiger partial charge in [0.15, 0.2) is 0 Å². The maximum atomic E-state index is 11.5. The lowest BCUT2D eigenvalue weighted by molar-refractivity contribution is -0.121. The molecule has 0 aliphatic carbocycles. The second-order valence-electron chi connectivity index (χ2n) is 3.51. The van der Waals surface area contributed by atoms with Gasteiger partial charge in [0, 0.05) is 37.0 Å². The molecule has 2 amide bonds. The number of carbonyl (C=O) groups excluding carboxylic acids is 2. The average molecular weight is 255 g/mol. The molecule has 6 heteroatoms. The van der Waals surface area contributed by atoms with Crippen molar-refractivity contribution in [2.45, 2.75) is 12.8 Å². The van der Waals surface area contributed by atoms with Gasteiger partial charge in [-0.2, -0.15) is 11.3 Å². The molecule has 0 aliphatic rings. The van der Waals surface area contributed by atoms with Gasteiger partial charge in [-0.05, 0) is 17.9 Å². The zero-order chi connectivity index (χ0) is 12.5. The van der Waals surface area contributed by atoms with Crippen molar-refractivity contribution in [2.75, 3.05) is 19.6 Å². The number of hydrogen-bond acceptors (Lipinski definition) is 4. The van der Waals surface area contributed by atoms with Crippen LogP contribution in [0.4, 0.5) is 0 Å². The molecule has 0 spiro atoms. The van der Waals surface area contributed by atoms with Crippen molar-refractivity contribution in [2.24, 2.45) is 5.73 Å². The van der Waals surface area contributed by atoms with Crippen LogP contribution in [-0.4, -0.2) is 31.4 Å². The Kier molecular flexibility index (Phi) is 6.27. The largest absolute Gasteiger partial charge is 0.355 e. The Bertz CT molecular complexity index is 352. The highest BCUT2D eigenvalue weighted by Gasteiger charge is 2.05. The highest BCUT2D eigenvalue weighted by atomic mass is 32.1. The smallest absolute Gasteiger partial charge is 0.252 e. The van der Waals surface area contributed by atoms with E-state index in [1.165, 1.54) is 11.3 Å². The second kappa shape index (κ2) is 7.81. The molecule has 1 heterocycles. The predicted octanol–water partition coefficient (Wildman–Crippen LogP) is 0.333. The van der Waals surface area contributed by atoms with E-state index in [-0.39, 0.29) is 11.8 Å². The molecule has 0 saturated carbocycles. The van der Waals surface area contributed by atoms with Crippen molar-refractivity contribution in [3.8, 4) is 0 Å². The summed E-state index contributed by atoms with van der Waals surface area (Å²) in [6, 6.07) is 1.77. The first-order valence-corrected chi connectivity index (χ1v) is 6.45.